The number of benzene rings is 4. The highest BCUT2D eigenvalue weighted by molar-refractivity contribution is 6.31. The van der Waals surface area contributed by atoms with Gasteiger partial charge in [0.1, 0.15) is 18.2 Å². The fraction of sp³-hybridized carbons (Fsp3) is 0.158. The van der Waals surface area contributed by atoms with Crippen molar-refractivity contribution in [3.05, 3.63) is 154 Å². The molecule has 2 aliphatic heterocycles. The number of fused-ring (bicyclic) bond motifs is 2. The van der Waals surface area contributed by atoms with Crippen LogP contribution in [0, 0.1) is 18.6 Å². The minimum atomic E-state index is -0.961. The molecule has 0 fully saturated rings. The number of aryl methyl sites for hydroxylation is 1. The van der Waals surface area contributed by atoms with E-state index in [1.54, 1.807) is 64.4 Å². The molecule has 0 saturated heterocycles. The maximum atomic E-state index is 14.3. The topological polar surface area (TPSA) is 106 Å². The van der Waals surface area contributed by atoms with Crippen molar-refractivity contribution in [3.8, 4) is 0 Å². The summed E-state index contributed by atoms with van der Waals surface area (Å²) in [6, 6.07) is 23.7. The fourth-order valence-corrected chi connectivity index (χ4v) is 5.79. The van der Waals surface area contributed by atoms with E-state index in [4.69, 9.17) is 16.7 Å². The van der Waals surface area contributed by atoms with Crippen LogP contribution in [0.15, 0.2) is 119 Å². The van der Waals surface area contributed by atoms with E-state index in [9.17, 15) is 23.5 Å². The molecule has 6 rings (SSSR count). The first-order chi connectivity index (χ1) is 23.4. The van der Waals surface area contributed by atoms with Gasteiger partial charge in [-0.3, -0.25) is 19.6 Å². The number of carboxylic acids is 2. The molecule has 2 heterocycles. The zero-order valence-electron chi connectivity index (χ0n) is 26.7. The fourth-order valence-electron chi connectivity index (χ4n) is 5.62. The lowest BCUT2D eigenvalue weighted by molar-refractivity contribution is -0.137. The first-order valence-corrected chi connectivity index (χ1v) is 15.7. The van der Waals surface area contributed by atoms with E-state index in [0.717, 1.165) is 11.3 Å². The van der Waals surface area contributed by atoms with Crippen molar-refractivity contribution in [1.29, 1.82) is 0 Å². The summed E-state index contributed by atoms with van der Waals surface area (Å²) in [6.07, 6.45) is -0.0455. The minimum Gasteiger partial charge on any atom is -0.481 e. The molecule has 11 heteroatoms. The number of halogens is 3. The molecule has 0 saturated carbocycles. The quantitative estimate of drug-likeness (QED) is 0.209. The Morgan fingerprint density at radius 1 is 0.735 bits per heavy atom. The Labute approximate surface area is 287 Å². The summed E-state index contributed by atoms with van der Waals surface area (Å²) in [5.74, 6) is -2.60. The van der Waals surface area contributed by atoms with Crippen molar-refractivity contribution >= 4 is 46.3 Å². The van der Waals surface area contributed by atoms with Crippen LogP contribution in [0.25, 0.3) is 0 Å². The van der Waals surface area contributed by atoms with E-state index in [1.165, 1.54) is 12.1 Å². The number of carbonyl (C=O) groups is 2. The summed E-state index contributed by atoms with van der Waals surface area (Å²) in [6.45, 7) is 10.4. The Morgan fingerprint density at radius 2 is 1.24 bits per heavy atom. The highest BCUT2D eigenvalue weighted by Gasteiger charge is 2.26. The average molecular weight is 683 g/mol. The van der Waals surface area contributed by atoms with Gasteiger partial charge in [-0.2, -0.15) is 0 Å². The van der Waals surface area contributed by atoms with E-state index in [1.807, 2.05) is 25.1 Å². The minimum absolute atomic E-state index is 0.0455. The molecule has 2 N–H and O–H groups in total. The summed E-state index contributed by atoms with van der Waals surface area (Å²) in [4.78, 5) is 34.7. The Hall–Kier alpha value is -5.61. The Kier molecular flexibility index (Phi) is 10.7. The van der Waals surface area contributed by atoms with Gasteiger partial charge < -0.3 is 20.0 Å². The number of benzodiazepines with no additional fused rings is 2. The summed E-state index contributed by atoms with van der Waals surface area (Å²) in [7, 11) is 0. The standard InChI is InChI=1S/C19H16ClFN2O2.C19H17FN2O2/c1-12-11-22-19(14-4-2-3-5-16(14)21)15-10-13(20)6-7-17(15)23(12)9-8-18(24)25;1-12-7-8-17-15(9-12)19(14-5-3-4-6-16(14)20)21-10-13(2)22(17)11-18(23)24/h2-7,10H,1,8-9,11H2,(H,24,25);3-9H,2,10-11H2,1H3,(H,23,24). The van der Waals surface area contributed by atoms with E-state index in [0.29, 0.717) is 55.8 Å². The SMILES string of the molecule is C=C1CN=C(c2ccccc2F)c2cc(C)ccc2N1CC(=O)O.C=C1CN=C(c2ccccc2F)c2cc(Cl)ccc2N1CCC(=O)O. The summed E-state index contributed by atoms with van der Waals surface area (Å²) >= 11 is 6.15. The second-order valence-corrected chi connectivity index (χ2v) is 11.8. The van der Waals surface area contributed by atoms with Crippen LogP contribution in [0.1, 0.15) is 34.2 Å². The van der Waals surface area contributed by atoms with E-state index in [2.05, 4.69) is 23.1 Å². The number of hydrogen-bond donors (Lipinski definition) is 2. The zero-order valence-corrected chi connectivity index (χ0v) is 27.4. The first-order valence-electron chi connectivity index (χ1n) is 15.3. The lowest BCUT2D eigenvalue weighted by Gasteiger charge is -2.26. The third-order valence-corrected chi connectivity index (χ3v) is 8.14. The Morgan fingerprint density at radius 3 is 1.80 bits per heavy atom. The summed E-state index contributed by atoms with van der Waals surface area (Å²) < 4.78 is 28.6. The molecular formula is C38H33ClF2N4O4. The van der Waals surface area contributed by atoms with E-state index < -0.39 is 11.9 Å². The van der Waals surface area contributed by atoms with Crippen LogP contribution in [-0.4, -0.2) is 59.8 Å². The highest BCUT2D eigenvalue weighted by Crippen LogP contribution is 2.33. The molecular weight excluding hydrogens is 650 g/mol. The molecule has 0 amide bonds. The third kappa shape index (κ3) is 7.93. The van der Waals surface area contributed by atoms with Crippen molar-refractivity contribution in [2.45, 2.75) is 13.3 Å². The van der Waals surface area contributed by atoms with Gasteiger partial charge in [-0.1, -0.05) is 60.7 Å². The van der Waals surface area contributed by atoms with Crippen molar-refractivity contribution in [1.82, 2.24) is 0 Å². The van der Waals surface area contributed by atoms with E-state index >= 15 is 0 Å². The molecule has 0 atom stereocenters. The van der Waals surface area contributed by atoms with Crippen molar-refractivity contribution in [3.63, 3.8) is 0 Å². The van der Waals surface area contributed by atoms with Crippen LogP contribution in [0.5, 0.6) is 0 Å². The predicted molar refractivity (Wildman–Crippen MR) is 189 cm³/mol. The Balaban J connectivity index is 0.000000191. The number of nitrogens with zero attached hydrogens (tertiary/aromatic N) is 4. The van der Waals surface area contributed by atoms with Gasteiger partial charge in [-0.05, 0) is 61.5 Å². The normalized spacial score (nSPS) is 14.0. The summed E-state index contributed by atoms with van der Waals surface area (Å²) in [5, 5.41) is 18.7. The molecule has 4 aromatic rings. The molecule has 0 spiro atoms. The molecule has 8 nitrogen and oxygen atoms in total. The molecule has 0 radical (unpaired) electrons. The number of rotatable bonds is 7. The zero-order chi connectivity index (χ0) is 35.2. The Bertz CT molecular complexity index is 2030. The van der Waals surface area contributed by atoms with Crippen molar-refractivity contribution < 1.29 is 28.6 Å². The molecule has 0 unspecified atom stereocenters. The molecule has 0 aromatic heterocycles. The van der Waals surface area contributed by atoms with Gasteiger partial charge in [0.2, 0.25) is 0 Å². The monoisotopic (exact) mass is 682 g/mol. The predicted octanol–water partition coefficient (Wildman–Crippen LogP) is 7.51. The molecule has 0 aliphatic carbocycles. The van der Waals surface area contributed by atoms with Gasteiger partial charge in [-0.15, -0.1) is 0 Å². The van der Waals surface area contributed by atoms with Crippen LogP contribution in [0.3, 0.4) is 0 Å². The van der Waals surface area contributed by atoms with Gasteiger partial charge in [0.15, 0.2) is 0 Å². The van der Waals surface area contributed by atoms with E-state index in [-0.39, 0.29) is 44.2 Å². The first kappa shape index (κ1) is 34.7. The largest absolute Gasteiger partial charge is 0.481 e. The van der Waals surface area contributed by atoms with Crippen molar-refractivity contribution in [2.24, 2.45) is 9.98 Å². The van der Waals surface area contributed by atoms with Gasteiger partial charge in [0, 0.05) is 45.2 Å². The van der Waals surface area contributed by atoms with Crippen LogP contribution < -0.4 is 9.80 Å². The smallest absolute Gasteiger partial charge is 0.323 e. The molecule has 49 heavy (non-hydrogen) atoms. The van der Waals surface area contributed by atoms with Crippen LogP contribution in [0.4, 0.5) is 20.2 Å². The highest BCUT2D eigenvalue weighted by atomic mass is 35.5. The van der Waals surface area contributed by atoms with Crippen LogP contribution in [-0.2, 0) is 9.59 Å². The number of hydrogen-bond acceptors (Lipinski definition) is 6. The third-order valence-electron chi connectivity index (χ3n) is 7.91. The molecule has 4 aromatic carbocycles. The van der Waals surface area contributed by atoms with Crippen LogP contribution in [0.2, 0.25) is 5.02 Å². The van der Waals surface area contributed by atoms with Gasteiger partial charge in [0.05, 0.1) is 42.3 Å². The lowest BCUT2D eigenvalue weighted by Crippen LogP contribution is -2.29. The molecule has 2 aliphatic rings. The number of anilines is 2. The second-order valence-electron chi connectivity index (χ2n) is 11.4. The lowest BCUT2D eigenvalue weighted by atomic mass is 9.98. The van der Waals surface area contributed by atoms with Gasteiger partial charge >= 0.3 is 11.9 Å². The van der Waals surface area contributed by atoms with Gasteiger partial charge in [0.25, 0.3) is 0 Å². The number of carboxylic acid groups (broad SMARTS) is 2. The van der Waals surface area contributed by atoms with Gasteiger partial charge in [-0.25, -0.2) is 8.78 Å². The molecule has 0 bridgehead atoms. The number of aliphatic imine (C=N–C) groups is 2. The van der Waals surface area contributed by atoms with Crippen LogP contribution >= 0.6 is 11.6 Å². The average Bonchev–Trinajstić information content (AvgIpc) is 3.27. The number of aliphatic carboxylic acids is 2. The van der Waals surface area contributed by atoms with Crippen molar-refractivity contribution in [2.75, 3.05) is 36.0 Å². The summed E-state index contributed by atoms with van der Waals surface area (Å²) in [5.41, 5.74) is 6.72. The molecule has 250 valence electrons. The maximum Gasteiger partial charge on any atom is 0.323 e. The maximum absolute atomic E-state index is 14.3. The second kappa shape index (κ2) is 15.1.